The molecule has 0 N–H and O–H groups in total. The third-order valence-corrected chi connectivity index (χ3v) is 4.10. The van der Waals surface area contributed by atoms with Gasteiger partial charge in [0.15, 0.2) is 0 Å². The fraction of sp³-hybridized carbons (Fsp3) is 0.136. The zero-order valence-electron chi connectivity index (χ0n) is 15.3. The summed E-state index contributed by atoms with van der Waals surface area (Å²) in [7, 11) is 0. The first-order chi connectivity index (χ1) is 13.6. The molecule has 2 heterocycles. The maximum absolute atomic E-state index is 14.4. The number of ether oxygens (including phenoxy) is 1. The van der Waals surface area contributed by atoms with Gasteiger partial charge >= 0.3 is 5.97 Å². The van der Waals surface area contributed by atoms with Crippen LogP contribution in [0.5, 0.6) is 0 Å². The van der Waals surface area contributed by atoms with Crippen molar-refractivity contribution in [2.24, 2.45) is 0 Å². The molecule has 0 amide bonds. The van der Waals surface area contributed by atoms with Crippen molar-refractivity contribution in [1.82, 2.24) is 9.55 Å². The standard InChI is InChI=1S/C22H18FN3O2/c1-2-28-22(27)18(13-24)11-17-12-21(19-5-3-4-6-20(19)23)26(15-17)14-16-7-9-25-10-8-16/h3-12,15H,2,14H2,1H3/b18-11+. The number of hydrogen-bond acceptors (Lipinski definition) is 4. The van der Waals surface area contributed by atoms with E-state index >= 15 is 0 Å². The molecule has 0 unspecified atom stereocenters. The molecule has 0 saturated carbocycles. The van der Waals surface area contributed by atoms with Gasteiger partial charge in [0.05, 0.1) is 12.3 Å². The molecule has 0 radical (unpaired) electrons. The molecule has 0 spiro atoms. The Labute approximate surface area is 162 Å². The van der Waals surface area contributed by atoms with Gasteiger partial charge < -0.3 is 9.30 Å². The third kappa shape index (κ3) is 4.33. The number of nitriles is 1. The van der Waals surface area contributed by atoms with Gasteiger partial charge in [-0.15, -0.1) is 0 Å². The molecule has 28 heavy (non-hydrogen) atoms. The summed E-state index contributed by atoms with van der Waals surface area (Å²) >= 11 is 0. The van der Waals surface area contributed by atoms with Gasteiger partial charge in [0.2, 0.25) is 0 Å². The summed E-state index contributed by atoms with van der Waals surface area (Å²) < 4.78 is 21.2. The van der Waals surface area contributed by atoms with E-state index in [1.807, 2.05) is 22.8 Å². The summed E-state index contributed by atoms with van der Waals surface area (Å²) in [4.78, 5) is 15.9. The molecule has 0 saturated heterocycles. The number of nitrogens with zero attached hydrogens (tertiary/aromatic N) is 3. The number of hydrogen-bond donors (Lipinski definition) is 0. The van der Waals surface area contributed by atoms with Crippen LogP contribution >= 0.6 is 0 Å². The second-order valence-corrected chi connectivity index (χ2v) is 6.01. The minimum Gasteiger partial charge on any atom is -0.462 e. The first-order valence-electron chi connectivity index (χ1n) is 8.75. The van der Waals surface area contributed by atoms with Gasteiger partial charge in [-0.3, -0.25) is 4.98 Å². The zero-order chi connectivity index (χ0) is 19.9. The molecule has 0 aliphatic rings. The van der Waals surface area contributed by atoms with E-state index in [4.69, 9.17) is 4.74 Å². The second kappa shape index (κ2) is 8.78. The normalized spacial score (nSPS) is 11.1. The lowest BCUT2D eigenvalue weighted by molar-refractivity contribution is -0.137. The fourth-order valence-electron chi connectivity index (χ4n) is 2.84. The molecule has 0 atom stereocenters. The lowest BCUT2D eigenvalue weighted by Crippen LogP contribution is -2.05. The van der Waals surface area contributed by atoms with Crippen LogP contribution in [0.25, 0.3) is 17.3 Å². The number of esters is 1. The molecular weight excluding hydrogens is 357 g/mol. The molecular formula is C22H18FN3O2. The number of carbonyl (C=O) groups is 1. The number of benzene rings is 1. The summed E-state index contributed by atoms with van der Waals surface area (Å²) in [5.74, 6) is -1.03. The molecule has 0 fully saturated rings. The second-order valence-electron chi connectivity index (χ2n) is 6.01. The molecule has 2 aromatic heterocycles. The van der Waals surface area contributed by atoms with E-state index in [1.54, 1.807) is 49.8 Å². The Bertz CT molecular complexity index is 1050. The Morgan fingerprint density at radius 3 is 2.71 bits per heavy atom. The summed E-state index contributed by atoms with van der Waals surface area (Å²) in [6.45, 7) is 2.34. The van der Waals surface area contributed by atoms with E-state index in [9.17, 15) is 14.4 Å². The van der Waals surface area contributed by atoms with E-state index in [2.05, 4.69) is 4.98 Å². The Morgan fingerprint density at radius 1 is 1.29 bits per heavy atom. The predicted molar refractivity (Wildman–Crippen MR) is 103 cm³/mol. The third-order valence-electron chi connectivity index (χ3n) is 4.10. The van der Waals surface area contributed by atoms with E-state index in [0.29, 0.717) is 23.4 Å². The topological polar surface area (TPSA) is 67.9 Å². The monoisotopic (exact) mass is 375 g/mol. The van der Waals surface area contributed by atoms with E-state index < -0.39 is 5.97 Å². The molecule has 6 heteroatoms. The van der Waals surface area contributed by atoms with Crippen molar-refractivity contribution in [2.45, 2.75) is 13.5 Å². The smallest absolute Gasteiger partial charge is 0.348 e. The maximum atomic E-state index is 14.4. The highest BCUT2D eigenvalue weighted by Gasteiger charge is 2.14. The zero-order valence-corrected chi connectivity index (χ0v) is 15.3. The molecule has 3 aromatic rings. The Morgan fingerprint density at radius 2 is 2.04 bits per heavy atom. The molecule has 0 aliphatic heterocycles. The number of halogens is 1. The maximum Gasteiger partial charge on any atom is 0.348 e. The van der Waals surface area contributed by atoms with Crippen LogP contribution in [0.15, 0.2) is 66.6 Å². The van der Waals surface area contributed by atoms with Crippen molar-refractivity contribution < 1.29 is 13.9 Å². The Hall–Kier alpha value is -3.72. The SMILES string of the molecule is CCOC(=O)/C(C#N)=C/c1cc(-c2ccccc2F)n(Cc2ccncc2)c1. The number of pyridine rings is 1. The van der Waals surface area contributed by atoms with Gasteiger partial charge in [0.1, 0.15) is 17.5 Å². The summed E-state index contributed by atoms with van der Waals surface area (Å²) in [6, 6.07) is 13.8. The van der Waals surface area contributed by atoms with Gasteiger partial charge in [-0.05, 0) is 54.5 Å². The highest BCUT2D eigenvalue weighted by Crippen LogP contribution is 2.27. The van der Waals surface area contributed by atoms with Crippen molar-refractivity contribution in [3.8, 4) is 17.3 Å². The van der Waals surface area contributed by atoms with E-state index in [1.165, 1.54) is 12.1 Å². The average Bonchev–Trinajstić information content (AvgIpc) is 3.09. The Balaban J connectivity index is 2.06. The van der Waals surface area contributed by atoms with Crippen molar-refractivity contribution in [1.29, 1.82) is 5.26 Å². The van der Waals surface area contributed by atoms with Crippen LogP contribution in [0.2, 0.25) is 0 Å². The van der Waals surface area contributed by atoms with Crippen LogP contribution in [0.1, 0.15) is 18.1 Å². The van der Waals surface area contributed by atoms with Crippen molar-refractivity contribution in [3.63, 3.8) is 0 Å². The molecule has 0 aliphatic carbocycles. The Kier molecular flexibility index (Phi) is 5.97. The van der Waals surface area contributed by atoms with Gasteiger partial charge in [0, 0.05) is 30.7 Å². The number of carbonyl (C=O) groups excluding carboxylic acids is 1. The van der Waals surface area contributed by atoms with Crippen molar-refractivity contribution in [3.05, 3.63) is 83.6 Å². The molecule has 0 bridgehead atoms. The predicted octanol–water partition coefficient (Wildman–Crippen LogP) is 4.21. The number of aromatic nitrogens is 2. The molecule has 3 rings (SSSR count). The largest absolute Gasteiger partial charge is 0.462 e. The summed E-state index contributed by atoms with van der Waals surface area (Å²) in [5, 5.41) is 9.26. The van der Waals surface area contributed by atoms with Crippen LogP contribution in [0.3, 0.4) is 0 Å². The van der Waals surface area contributed by atoms with Gasteiger partial charge in [-0.2, -0.15) is 5.26 Å². The fourth-order valence-corrected chi connectivity index (χ4v) is 2.84. The van der Waals surface area contributed by atoms with Crippen LogP contribution in [0.4, 0.5) is 4.39 Å². The van der Waals surface area contributed by atoms with Gasteiger partial charge in [-0.1, -0.05) is 12.1 Å². The lowest BCUT2D eigenvalue weighted by atomic mass is 10.1. The highest BCUT2D eigenvalue weighted by atomic mass is 19.1. The number of rotatable bonds is 6. The minimum absolute atomic E-state index is 0.108. The van der Waals surface area contributed by atoms with Crippen LogP contribution in [0, 0.1) is 17.1 Å². The van der Waals surface area contributed by atoms with Crippen LogP contribution in [-0.4, -0.2) is 22.1 Å². The average molecular weight is 375 g/mol. The van der Waals surface area contributed by atoms with Gasteiger partial charge in [0.25, 0.3) is 0 Å². The molecule has 1 aromatic carbocycles. The molecule has 140 valence electrons. The van der Waals surface area contributed by atoms with Gasteiger partial charge in [-0.25, -0.2) is 9.18 Å². The van der Waals surface area contributed by atoms with Crippen molar-refractivity contribution in [2.75, 3.05) is 6.61 Å². The lowest BCUT2D eigenvalue weighted by Gasteiger charge is -2.10. The minimum atomic E-state index is -0.681. The van der Waals surface area contributed by atoms with E-state index in [0.717, 1.165) is 5.56 Å². The summed E-state index contributed by atoms with van der Waals surface area (Å²) in [5.41, 5.74) is 2.57. The van der Waals surface area contributed by atoms with E-state index in [-0.39, 0.29) is 18.0 Å². The highest BCUT2D eigenvalue weighted by molar-refractivity contribution is 5.98. The first kappa shape index (κ1) is 19.1. The van der Waals surface area contributed by atoms with Crippen molar-refractivity contribution >= 4 is 12.0 Å². The summed E-state index contributed by atoms with van der Waals surface area (Å²) in [6.07, 6.45) is 6.61. The van der Waals surface area contributed by atoms with Crippen LogP contribution < -0.4 is 0 Å². The van der Waals surface area contributed by atoms with Crippen LogP contribution in [-0.2, 0) is 16.1 Å². The molecule has 5 nitrogen and oxygen atoms in total. The first-order valence-corrected chi connectivity index (χ1v) is 8.75. The quantitative estimate of drug-likeness (QED) is 0.368.